The van der Waals surface area contributed by atoms with Gasteiger partial charge in [-0.2, -0.15) is 5.26 Å². The normalized spacial score (nSPS) is 22.9. The molecule has 0 aromatic heterocycles. The first-order valence-corrected chi connectivity index (χ1v) is 11.4. The summed E-state index contributed by atoms with van der Waals surface area (Å²) < 4.78 is 31.2. The minimum absolute atomic E-state index is 0.0573. The summed E-state index contributed by atoms with van der Waals surface area (Å²) in [4.78, 5) is 29.9. The monoisotopic (exact) mass is 455 g/mol. The van der Waals surface area contributed by atoms with E-state index in [1.165, 1.54) is 12.1 Å². The molecule has 1 saturated carbocycles. The SMILES string of the molecule is CC(C)OC(=O)ON1C[C@H](S(=O)(=O)c2ccccc2Cl)C[C@H]1C(=O)NC1(C#N)CC1. The highest BCUT2D eigenvalue weighted by molar-refractivity contribution is 7.92. The number of hydrogen-bond acceptors (Lipinski definition) is 8. The number of benzene rings is 1. The number of carbonyl (C=O) groups excluding carboxylic acids is 2. The number of halogens is 1. The largest absolute Gasteiger partial charge is 0.528 e. The molecule has 162 valence electrons. The van der Waals surface area contributed by atoms with Crippen molar-refractivity contribution in [3.05, 3.63) is 29.3 Å². The third kappa shape index (κ3) is 4.69. The summed E-state index contributed by atoms with van der Waals surface area (Å²) in [5, 5.41) is 11.9. The molecule has 1 saturated heterocycles. The minimum atomic E-state index is -3.91. The molecule has 0 spiro atoms. The number of ether oxygens (including phenoxy) is 1. The lowest BCUT2D eigenvalue weighted by Gasteiger charge is -2.23. The van der Waals surface area contributed by atoms with Gasteiger partial charge < -0.3 is 14.9 Å². The molecule has 1 amide bonds. The predicted octanol–water partition coefficient (Wildman–Crippen LogP) is 2.21. The van der Waals surface area contributed by atoms with Gasteiger partial charge in [-0.25, -0.2) is 13.2 Å². The molecule has 0 unspecified atom stereocenters. The molecule has 2 fully saturated rings. The van der Waals surface area contributed by atoms with Gasteiger partial charge in [0.05, 0.1) is 33.9 Å². The Morgan fingerprint density at radius 1 is 1.33 bits per heavy atom. The Kier molecular flexibility index (Phi) is 6.26. The zero-order valence-corrected chi connectivity index (χ0v) is 18.1. The van der Waals surface area contributed by atoms with E-state index in [-0.39, 0.29) is 22.9 Å². The standard InChI is InChI=1S/C19H22ClN3O6S/c1-12(2)28-18(25)29-23-10-13(30(26,27)16-6-4-3-5-14(16)20)9-15(23)17(24)22-19(11-21)7-8-19/h3-6,12-13,15H,7-10H2,1-2H3,(H,22,24)/t13-,15+/m1/s1. The zero-order chi connectivity index (χ0) is 22.1. The topological polar surface area (TPSA) is 126 Å². The van der Waals surface area contributed by atoms with E-state index < -0.39 is 44.8 Å². The van der Waals surface area contributed by atoms with Crippen molar-refractivity contribution in [1.29, 1.82) is 5.26 Å². The van der Waals surface area contributed by atoms with Gasteiger partial charge in [-0.05, 0) is 45.2 Å². The maximum Gasteiger partial charge on any atom is 0.528 e. The molecule has 1 aliphatic heterocycles. The van der Waals surface area contributed by atoms with Crippen molar-refractivity contribution in [3.63, 3.8) is 0 Å². The van der Waals surface area contributed by atoms with Gasteiger partial charge in [0.1, 0.15) is 11.6 Å². The summed E-state index contributed by atoms with van der Waals surface area (Å²) in [5.41, 5.74) is -0.944. The van der Waals surface area contributed by atoms with Gasteiger partial charge in [0.2, 0.25) is 5.91 Å². The van der Waals surface area contributed by atoms with E-state index >= 15 is 0 Å². The van der Waals surface area contributed by atoms with Crippen molar-refractivity contribution in [1.82, 2.24) is 10.4 Å². The van der Waals surface area contributed by atoms with Crippen LogP contribution in [0.5, 0.6) is 0 Å². The number of nitrogens with one attached hydrogen (secondary N) is 1. The second kappa shape index (κ2) is 8.41. The van der Waals surface area contributed by atoms with Crippen LogP contribution in [-0.2, 0) is 24.2 Å². The molecule has 0 bridgehead atoms. The second-order valence-electron chi connectivity index (χ2n) is 7.64. The van der Waals surface area contributed by atoms with Gasteiger partial charge in [-0.1, -0.05) is 23.7 Å². The van der Waals surface area contributed by atoms with Crippen LogP contribution in [-0.4, -0.2) is 55.0 Å². The summed E-state index contributed by atoms with van der Waals surface area (Å²) in [6, 6.07) is 6.97. The molecule has 0 radical (unpaired) electrons. The fourth-order valence-electron chi connectivity index (χ4n) is 3.21. The highest BCUT2D eigenvalue weighted by atomic mass is 35.5. The highest BCUT2D eigenvalue weighted by Crippen LogP contribution is 2.36. The Labute approximate surface area is 179 Å². The van der Waals surface area contributed by atoms with Crippen LogP contribution in [0.4, 0.5) is 4.79 Å². The molecule has 30 heavy (non-hydrogen) atoms. The van der Waals surface area contributed by atoms with Crippen molar-refractivity contribution in [2.24, 2.45) is 0 Å². The van der Waals surface area contributed by atoms with Crippen LogP contribution in [0.2, 0.25) is 5.02 Å². The molecule has 2 atom stereocenters. The van der Waals surface area contributed by atoms with Crippen LogP contribution in [0.15, 0.2) is 29.2 Å². The molecule has 1 aromatic rings. The van der Waals surface area contributed by atoms with Crippen LogP contribution in [0.25, 0.3) is 0 Å². The van der Waals surface area contributed by atoms with Gasteiger partial charge in [0.15, 0.2) is 9.84 Å². The third-order valence-electron chi connectivity index (χ3n) is 4.95. The lowest BCUT2D eigenvalue weighted by atomic mass is 10.2. The van der Waals surface area contributed by atoms with Gasteiger partial charge >= 0.3 is 6.16 Å². The summed E-state index contributed by atoms with van der Waals surface area (Å²) in [5.74, 6) is -0.580. The van der Waals surface area contributed by atoms with E-state index in [4.69, 9.17) is 21.2 Å². The average molecular weight is 456 g/mol. The van der Waals surface area contributed by atoms with E-state index in [9.17, 15) is 23.3 Å². The Bertz CT molecular complexity index is 986. The number of hydrogen-bond donors (Lipinski definition) is 1. The number of rotatable bonds is 6. The smallest absolute Gasteiger partial charge is 0.430 e. The second-order valence-corrected chi connectivity index (χ2v) is 10.2. The Hall–Kier alpha value is -2.35. The zero-order valence-electron chi connectivity index (χ0n) is 16.5. The Morgan fingerprint density at radius 2 is 2.00 bits per heavy atom. The van der Waals surface area contributed by atoms with Gasteiger partial charge in [-0.15, -0.1) is 5.06 Å². The van der Waals surface area contributed by atoms with E-state index in [0.717, 1.165) is 5.06 Å². The number of nitrogens with zero attached hydrogens (tertiary/aromatic N) is 2. The Balaban J connectivity index is 1.84. The molecule has 11 heteroatoms. The first-order chi connectivity index (χ1) is 14.1. The van der Waals surface area contributed by atoms with Crippen LogP contribution in [0, 0.1) is 11.3 Å². The Morgan fingerprint density at radius 3 is 2.57 bits per heavy atom. The predicted molar refractivity (Wildman–Crippen MR) is 106 cm³/mol. The van der Waals surface area contributed by atoms with Crippen molar-refractivity contribution in [2.75, 3.05) is 6.54 Å². The first-order valence-electron chi connectivity index (χ1n) is 9.45. The summed E-state index contributed by atoms with van der Waals surface area (Å²) in [6.45, 7) is 3.02. The molecule has 3 rings (SSSR count). The van der Waals surface area contributed by atoms with Crippen LogP contribution in [0.1, 0.15) is 33.1 Å². The minimum Gasteiger partial charge on any atom is -0.430 e. The van der Waals surface area contributed by atoms with Crippen molar-refractivity contribution < 1.29 is 27.6 Å². The number of sulfone groups is 1. The molecule has 2 aliphatic rings. The number of hydroxylamine groups is 2. The van der Waals surface area contributed by atoms with Crippen molar-refractivity contribution in [2.45, 2.75) is 60.9 Å². The maximum atomic E-state index is 13.1. The van der Waals surface area contributed by atoms with Gasteiger partial charge in [0, 0.05) is 0 Å². The number of carbonyl (C=O) groups is 2. The molecule has 1 aromatic carbocycles. The van der Waals surface area contributed by atoms with Crippen molar-refractivity contribution >= 4 is 33.5 Å². The summed E-state index contributed by atoms with van der Waals surface area (Å²) in [7, 11) is -3.91. The van der Waals surface area contributed by atoms with E-state index in [0.29, 0.717) is 12.8 Å². The molecule has 1 aliphatic carbocycles. The third-order valence-corrected chi connectivity index (χ3v) is 7.58. The van der Waals surface area contributed by atoms with E-state index in [1.807, 2.05) is 6.07 Å². The lowest BCUT2D eigenvalue weighted by molar-refractivity contribution is -0.158. The number of nitriles is 1. The highest BCUT2D eigenvalue weighted by Gasteiger charge is 2.50. The molecular formula is C19H22ClN3O6S. The molecule has 9 nitrogen and oxygen atoms in total. The van der Waals surface area contributed by atoms with Crippen LogP contribution >= 0.6 is 11.6 Å². The van der Waals surface area contributed by atoms with Gasteiger partial charge in [0.25, 0.3) is 0 Å². The summed E-state index contributed by atoms with van der Waals surface area (Å²) in [6.07, 6.45) is -0.599. The molecule has 1 N–H and O–H groups in total. The fraction of sp³-hybridized carbons (Fsp3) is 0.526. The fourth-order valence-corrected chi connectivity index (χ4v) is 5.41. The van der Waals surface area contributed by atoms with E-state index in [2.05, 4.69) is 5.32 Å². The van der Waals surface area contributed by atoms with E-state index in [1.54, 1.807) is 26.0 Å². The lowest BCUT2D eigenvalue weighted by Crippen LogP contribution is -2.48. The maximum absolute atomic E-state index is 13.1. The quantitative estimate of drug-likeness (QED) is 0.647. The van der Waals surface area contributed by atoms with Gasteiger partial charge in [-0.3, -0.25) is 4.79 Å². The van der Waals surface area contributed by atoms with Crippen LogP contribution < -0.4 is 5.32 Å². The summed E-state index contributed by atoms with van der Waals surface area (Å²) >= 11 is 6.06. The van der Waals surface area contributed by atoms with Crippen molar-refractivity contribution in [3.8, 4) is 6.07 Å². The molecular weight excluding hydrogens is 434 g/mol. The molecule has 1 heterocycles. The average Bonchev–Trinajstić information content (AvgIpc) is 3.30. The number of amides is 1. The van der Waals surface area contributed by atoms with Crippen LogP contribution in [0.3, 0.4) is 0 Å². The first kappa shape index (κ1) is 22.3.